The summed E-state index contributed by atoms with van der Waals surface area (Å²) in [5.74, 6) is 1.51. The molecule has 2 heterocycles. The van der Waals surface area contributed by atoms with Crippen LogP contribution in [-0.2, 0) is 6.61 Å². The molecule has 29 heavy (non-hydrogen) atoms. The zero-order chi connectivity index (χ0) is 20.6. The Balaban J connectivity index is 1.38. The van der Waals surface area contributed by atoms with E-state index in [4.69, 9.17) is 16.3 Å². The zero-order valence-corrected chi connectivity index (χ0v) is 18.8. The van der Waals surface area contributed by atoms with E-state index >= 15 is 0 Å². The van der Waals surface area contributed by atoms with Gasteiger partial charge in [0.15, 0.2) is 0 Å². The van der Waals surface area contributed by atoms with E-state index in [2.05, 4.69) is 22.1 Å². The average Bonchev–Trinajstić information content (AvgIpc) is 3.08. The fourth-order valence-electron chi connectivity index (χ4n) is 3.63. The molecule has 158 valence electrons. The molecule has 1 fully saturated rings. The highest BCUT2D eigenvalue weighted by Gasteiger charge is 2.17. The highest BCUT2D eigenvalue weighted by Crippen LogP contribution is 2.21. The number of carbonyl (C=O) groups excluding carboxylic acids is 1. The smallest absolute Gasteiger partial charge is 0.263 e. The van der Waals surface area contributed by atoms with Gasteiger partial charge in [0.05, 0.1) is 5.69 Å². The number of ether oxygens (including phenoxy) is 1. The van der Waals surface area contributed by atoms with Crippen molar-refractivity contribution in [3.05, 3.63) is 44.9 Å². The summed E-state index contributed by atoms with van der Waals surface area (Å²) in [6.45, 7) is 8.81. The number of carbonyl (C=O) groups is 1. The van der Waals surface area contributed by atoms with E-state index in [0.717, 1.165) is 41.8 Å². The topological polar surface area (TPSA) is 54.5 Å². The number of piperidine rings is 1. The fourth-order valence-corrected chi connectivity index (χ4v) is 4.65. The van der Waals surface area contributed by atoms with E-state index in [0.29, 0.717) is 23.1 Å². The predicted octanol–water partition coefficient (Wildman–Crippen LogP) is 4.93. The highest BCUT2D eigenvalue weighted by molar-refractivity contribution is 7.13. The van der Waals surface area contributed by atoms with Gasteiger partial charge in [-0.3, -0.25) is 4.79 Å². The maximum Gasteiger partial charge on any atom is 0.263 e. The minimum absolute atomic E-state index is 0.0377. The van der Waals surface area contributed by atoms with Crippen LogP contribution in [0.5, 0.6) is 5.75 Å². The standard InChI is InChI=1S/C22H30ClN3O2S/c1-16-6-5-13-26(14-16)12-4-3-11-24-22(27)21-17(2)25-20(29-21)15-28-19-9-7-18(23)8-10-19/h7-10,16H,3-6,11-15H2,1-2H3,(H,24,27). The normalized spacial score (nSPS) is 17.3. The second-order valence-corrected chi connectivity index (χ2v) is 9.30. The number of benzene rings is 1. The number of aromatic nitrogens is 1. The average molecular weight is 436 g/mol. The highest BCUT2D eigenvalue weighted by atomic mass is 35.5. The molecule has 1 aliphatic heterocycles. The molecule has 7 heteroatoms. The number of rotatable bonds is 9. The van der Waals surface area contributed by atoms with Crippen LogP contribution >= 0.6 is 22.9 Å². The van der Waals surface area contributed by atoms with E-state index in [1.165, 1.54) is 37.3 Å². The molecule has 5 nitrogen and oxygen atoms in total. The van der Waals surface area contributed by atoms with Gasteiger partial charge in [-0.1, -0.05) is 18.5 Å². The van der Waals surface area contributed by atoms with Crippen molar-refractivity contribution in [2.24, 2.45) is 5.92 Å². The Bertz CT molecular complexity index is 794. The molecule has 2 aromatic rings. The Hall–Kier alpha value is -1.63. The van der Waals surface area contributed by atoms with E-state index in [1.807, 2.05) is 19.1 Å². The second kappa shape index (κ2) is 11.0. The summed E-state index contributed by atoms with van der Waals surface area (Å²) in [5, 5.41) is 4.50. The molecular formula is C22H30ClN3O2S. The molecule has 1 aromatic heterocycles. The van der Waals surface area contributed by atoms with E-state index in [-0.39, 0.29) is 5.91 Å². The molecule has 0 bridgehead atoms. The lowest BCUT2D eigenvalue weighted by atomic mass is 10.0. The Morgan fingerprint density at radius 1 is 1.34 bits per heavy atom. The van der Waals surface area contributed by atoms with Crippen LogP contribution in [-0.4, -0.2) is 42.0 Å². The zero-order valence-electron chi connectivity index (χ0n) is 17.2. The van der Waals surface area contributed by atoms with Gasteiger partial charge in [-0.25, -0.2) is 4.98 Å². The van der Waals surface area contributed by atoms with Gasteiger partial charge >= 0.3 is 0 Å². The van der Waals surface area contributed by atoms with Crippen molar-refractivity contribution < 1.29 is 9.53 Å². The molecular weight excluding hydrogens is 406 g/mol. The number of hydrogen-bond acceptors (Lipinski definition) is 5. The number of thiazole rings is 1. The third kappa shape index (κ3) is 6.98. The first kappa shape index (κ1) is 22.1. The second-order valence-electron chi connectivity index (χ2n) is 7.78. The third-order valence-electron chi connectivity index (χ3n) is 5.15. The van der Waals surface area contributed by atoms with Gasteiger partial charge in [0, 0.05) is 18.1 Å². The number of halogens is 1. The maximum atomic E-state index is 12.5. The molecule has 1 amide bonds. The first-order valence-electron chi connectivity index (χ1n) is 10.4. The lowest BCUT2D eigenvalue weighted by Crippen LogP contribution is -2.35. The molecule has 1 saturated heterocycles. The van der Waals surface area contributed by atoms with Gasteiger partial charge in [0.2, 0.25) is 0 Å². The Labute approximate surface area is 182 Å². The molecule has 1 atom stereocenters. The minimum Gasteiger partial charge on any atom is -0.486 e. The first-order valence-corrected chi connectivity index (χ1v) is 11.6. The van der Waals surface area contributed by atoms with E-state index in [9.17, 15) is 4.79 Å². The number of unbranched alkanes of at least 4 members (excludes halogenated alkanes) is 1. The van der Waals surface area contributed by atoms with Crippen LogP contribution in [0, 0.1) is 12.8 Å². The van der Waals surface area contributed by atoms with Crippen LogP contribution in [0.25, 0.3) is 0 Å². The molecule has 0 aliphatic carbocycles. The molecule has 0 spiro atoms. The van der Waals surface area contributed by atoms with Crippen molar-refractivity contribution >= 4 is 28.8 Å². The van der Waals surface area contributed by atoms with Crippen molar-refractivity contribution in [2.45, 2.75) is 46.1 Å². The summed E-state index contributed by atoms with van der Waals surface area (Å²) in [6.07, 6.45) is 4.79. The van der Waals surface area contributed by atoms with Crippen LogP contribution in [0.15, 0.2) is 24.3 Å². The molecule has 0 saturated carbocycles. The van der Waals surface area contributed by atoms with Crippen molar-refractivity contribution in [2.75, 3.05) is 26.2 Å². The van der Waals surface area contributed by atoms with Crippen molar-refractivity contribution in [3.8, 4) is 5.75 Å². The molecule has 1 aromatic carbocycles. The SMILES string of the molecule is Cc1nc(COc2ccc(Cl)cc2)sc1C(=O)NCCCCN1CCCC(C)C1. The quantitative estimate of drug-likeness (QED) is 0.567. The van der Waals surface area contributed by atoms with Gasteiger partial charge < -0.3 is 15.0 Å². The number of hydrogen-bond donors (Lipinski definition) is 1. The predicted molar refractivity (Wildman–Crippen MR) is 119 cm³/mol. The minimum atomic E-state index is -0.0377. The molecule has 3 rings (SSSR count). The molecule has 1 unspecified atom stereocenters. The van der Waals surface area contributed by atoms with Gasteiger partial charge in [-0.2, -0.15) is 0 Å². The fraction of sp³-hybridized carbons (Fsp3) is 0.545. The molecule has 1 N–H and O–H groups in total. The van der Waals surface area contributed by atoms with Crippen molar-refractivity contribution in [1.82, 2.24) is 15.2 Å². The summed E-state index contributed by atoms with van der Waals surface area (Å²) >= 11 is 7.28. The van der Waals surface area contributed by atoms with Crippen LogP contribution in [0.1, 0.15) is 53.0 Å². The molecule has 1 aliphatic rings. The summed E-state index contributed by atoms with van der Waals surface area (Å²) < 4.78 is 5.73. The number of nitrogens with one attached hydrogen (secondary N) is 1. The number of likely N-dealkylation sites (tertiary alicyclic amines) is 1. The van der Waals surface area contributed by atoms with Crippen LogP contribution in [0.4, 0.5) is 0 Å². The lowest BCUT2D eigenvalue weighted by molar-refractivity contribution is 0.0955. The van der Waals surface area contributed by atoms with E-state index in [1.54, 1.807) is 12.1 Å². The third-order valence-corrected chi connectivity index (χ3v) is 6.53. The summed E-state index contributed by atoms with van der Waals surface area (Å²) in [4.78, 5) is 20.2. The largest absolute Gasteiger partial charge is 0.486 e. The van der Waals surface area contributed by atoms with Crippen LogP contribution in [0.3, 0.4) is 0 Å². The van der Waals surface area contributed by atoms with Crippen LogP contribution in [0.2, 0.25) is 5.02 Å². The lowest BCUT2D eigenvalue weighted by Gasteiger charge is -2.30. The maximum absolute atomic E-state index is 12.5. The summed E-state index contributed by atoms with van der Waals surface area (Å²) in [5.41, 5.74) is 0.754. The molecule has 0 radical (unpaired) electrons. The Morgan fingerprint density at radius 2 is 2.14 bits per heavy atom. The monoisotopic (exact) mass is 435 g/mol. The van der Waals surface area contributed by atoms with Crippen LogP contribution < -0.4 is 10.1 Å². The van der Waals surface area contributed by atoms with Gasteiger partial charge in [0.1, 0.15) is 22.2 Å². The Kier molecular flexibility index (Phi) is 8.33. The number of amides is 1. The summed E-state index contributed by atoms with van der Waals surface area (Å²) in [6, 6.07) is 7.21. The van der Waals surface area contributed by atoms with Crippen molar-refractivity contribution in [1.29, 1.82) is 0 Å². The van der Waals surface area contributed by atoms with Gasteiger partial charge in [-0.15, -0.1) is 11.3 Å². The number of nitrogens with zero attached hydrogens (tertiary/aromatic N) is 2. The van der Waals surface area contributed by atoms with Gasteiger partial charge in [0.25, 0.3) is 5.91 Å². The Morgan fingerprint density at radius 3 is 2.90 bits per heavy atom. The van der Waals surface area contributed by atoms with Crippen molar-refractivity contribution in [3.63, 3.8) is 0 Å². The number of aryl methyl sites for hydroxylation is 1. The first-order chi connectivity index (χ1) is 14.0. The summed E-state index contributed by atoms with van der Waals surface area (Å²) in [7, 11) is 0. The van der Waals surface area contributed by atoms with E-state index < -0.39 is 0 Å². The van der Waals surface area contributed by atoms with Gasteiger partial charge in [-0.05, 0) is 75.9 Å².